The third-order valence-electron chi connectivity index (χ3n) is 3.08. The summed E-state index contributed by atoms with van der Waals surface area (Å²) in [6.07, 6.45) is 0. The maximum Gasteiger partial charge on any atom is 0.251 e. The third-order valence-corrected chi connectivity index (χ3v) is 4.19. The minimum atomic E-state index is -0.679. The van der Waals surface area contributed by atoms with E-state index in [2.05, 4.69) is 5.32 Å². The third kappa shape index (κ3) is 4.93. The zero-order valence-electron chi connectivity index (χ0n) is 12.1. The summed E-state index contributed by atoms with van der Waals surface area (Å²) in [5.41, 5.74) is 7.06. The van der Waals surface area contributed by atoms with Crippen LogP contribution in [0.15, 0.2) is 60.7 Å². The summed E-state index contributed by atoms with van der Waals surface area (Å²) in [7, 11) is 0. The van der Waals surface area contributed by atoms with Gasteiger partial charge in [-0.2, -0.15) is 11.8 Å². The zero-order valence-corrected chi connectivity index (χ0v) is 12.9. The minimum Gasteiger partial charge on any atom is -0.368 e. The molecule has 3 N–H and O–H groups in total. The molecule has 0 bridgehead atoms. The van der Waals surface area contributed by atoms with Crippen molar-refractivity contribution in [3.05, 3.63) is 71.8 Å². The van der Waals surface area contributed by atoms with E-state index in [0.717, 1.165) is 5.75 Å². The van der Waals surface area contributed by atoms with Crippen LogP contribution < -0.4 is 11.1 Å². The van der Waals surface area contributed by atoms with Gasteiger partial charge in [-0.05, 0) is 17.7 Å². The summed E-state index contributed by atoms with van der Waals surface area (Å²) in [6, 6.07) is 18.0. The van der Waals surface area contributed by atoms with Crippen LogP contribution in [0, 0.1) is 0 Å². The molecule has 0 spiro atoms. The molecule has 0 fully saturated rings. The second-order valence-corrected chi connectivity index (χ2v) is 5.83. The monoisotopic (exact) mass is 314 g/mol. The lowest BCUT2D eigenvalue weighted by atomic mass is 10.2. The molecule has 0 aliphatic rings. The first kappa shape index (κ1) is 16.1. The molecule has 0 unspecified atom stereocenters. The molecule has 0 saturated heterocycles. The molecule has 0 aliphatic carbocycles. The van der Waals surface area contributed by atoms with Gasteiger partial charge in [-0.15, -0.1) is 0 Å². The topological polar surface area (TPSA) is 72.2 Å². The molecule has 5 heteroatoms. The zero-order chi connectivity index (χ0) is 15.8. The fourth-order valence-electron chi connectivity index (χ4n) is 1.89. The van der Waals surface area contributed by atoms with Crippen LogP contribution in [0.4, 0.5) is 0 Å². The highest BCUT2D eigenvalue weighted by molar-refractivity contribution is 7.98. The predicted molar refractivity (Wildman–Crippen MR) is 89.5 cm³/mol. The minimum absolute atomic E-state index is 0.287. The first-order valence-electron chi connectivity index (χ1n) is 6.93. The SMILES string of the molecule is NC(=O)[C@H](CSCc1ccccc1)NC(=O)c1ccccc1. The van der Waals surface area contributed by atoms with E-state index in [1.165, 1.54) is 5.56 Å². The lowest BCUT2D eigenvalue weighted by molar-refractivity contribution is -0.119. The Morgan fingerprint density at radius 3 is 2.18 bits per heavy atom. The standard InChI is InChI=1S/C17H18N2O2S/c18-16(20)15(12-22-11-13-7-3-1-4-8-13)19-17(21)14-9-5-2-6-10-14/h1-10,15H,11-12H2,(H2,18,20)(H,19,21)/t15-/m0/s1. The lowest BCUT2D eigenvalue weighted by Crippen LogP contribution is -2.46. The van der Waals surface area contributed by atoms with Gasteiger partial charge in [0.25, 0.3) is 5.91 Å². The summed E-state index contributed by atoms with van der Waals surface area (Å²) in [6.45, 7) is 0. The number of amides is 2. The number of primary amides is 1. The number of carbonyl (C=O) groups excluding carboxylic acids is 2. The van der Waals surface area contributed by atoms with Crippen LogP contribution in [0.25, 0.3) is 0 Å². The number of rotatable bonds is 7. The Labute approximate surface area is 134 Å². The fraction of sp³-hybridized carbons (Fsp3) is 0.176. The first-order chi connectivity index (χ1) is 10.7. The number of hydrogen-bond acceptors (Lipinski definition) is 3. The van der Waals surface area contributed by atoms with E-state index in [4.69, 9.17) is 5.73 Å². The van der Waals surface area contributed by atoms with Crippen LogP contribution in [0.3, 0.4) is 0 Å². The predicted octanol–water partition coefficient (Wildman–Crippen LogP) is 2.20. The molecule has 2 aromatic carbocycles. The summed E-state index contributed by atoms with van der Waals surface area (Å²) in [4.78, 5) is 23.6. The van der Waals surface area contributed by atoms with Gasteiger partial charge in [0.15, 0.2) is 0 Å². The molecule has 2 aromatic rings. The van der Waals surface area contributed by atoms with E-state index >= 15 is 0 Å². The molecule has 114 valence electrons. The van der Waals surface area contributed by atoms with Crippen molar-refractivity contribution in [2.45, 2.75) is 11.8 Å². The molecule has 0 saturated carbocycles. The van der Waals surface area contributed by atoms with Crippen molar-refractivity contribution in [3.63, 3.8) is 0 Å². The van der Waals surface area contributed by atoms with Gasteiger partial charge in [0.05, 0.1) is 0 Å². The van der Waals surface area contributed by atoms with Gasteiger partial charge in [0.1, 0.15) is 6.04 Å². The molecule has 0 heterocycles. The van der Waals surface area contributed by atoms with Crippen LogP contribution in [0.1, 0.15) is 15.9 Å². The number of benzene rings is 2. The van der Waals surface area contributed by atoms with Crippen molar-refractivity contribution in [2.24, 2.45) is 5.73 Å². The summed E-state index contributed by atoms with van der Waals surface area (Å²) in [5, 5.41) is 2.68. The van der Waals surface area contributed by atoms with Crippen LogP contribution in [0.5, 0.6) is 0 Å². The largest absolute Gasteiger partial charge is 0.368 e. The van der Waals surface area contributed by atoms with E-state index in [-0.39, 0.29) is 5.91 Å². The molecule has 0 aromatic heterocycles. The maximum absolute atomic E-state index is 12.1. The first-order valence-corrected chi connectivity index (χ1v) is 8.09. The molecule has 0 radical (unpaired) electrons. The second kappa shape index (κ2) is 8.24. The van der Waals surface area contributed by atoms with Gasteiger partial charge in [0.2, 0.25) is 5.91 Å². The van der Waals surface area contributed by atoms with Crippen LogP contribution in [-0.2, 0) is 10.5 Å². The number of nitrogens with two attached hydrogens (primary N) is 1. The molecule has 1 atom stereocenters. The van der Waals surface area contributed by atoms with Crippen molar-refractivity contribution in [2.75, 3.05) is 5.75 Å². The van der Waals surface area contributed by atoms with Crippen molar-refractivity contribution in [1.82, 2.24) is 5.32 Å². The van der Waals surface area contributed by atoms with E-state index in [0.29, 0.717) is 11.3 Å². The van der Waals surface area contributed by atoms with Crippen molar-refractivity contribution < 1.29 is 9.59 Å². The highest BCUT2D eigenvalue weighted by Gasteiger charge is 2.18. The molecule has 2 rings (SSSR count). The Morgan fingerprint density at radius 2 is 1.59 bits per heavy atom. The van der Waals surface area contributed by atoms with Gasteiger partial charge in [-0.3, -0.25) is 9.59 Å². The quantitative estimate of drug-likeness (QED) is 0.823. The molecule has 4 nitrogen and oxygen atoms in total. The molecular weight excluding hydrogens is 296 g/mol. The Morgan fingerprint density at radius 1 is 1.00 bits per heavy atom. The average molecular weight is 314 g/mol. The Kier molecular flexibility index (Phi) is 6.03. The highest BCUT2D eigenvalue weighted by Crippen LogP contribution is 2.13. The smallest absolute Gasteiger partial charge is 0.251 e. The van der Waals surface area contributed by atoms with Crippen LogP contribution in [-0.4, -0.2) is 23.6 Å². The Bertz CT molecular complexity index is 617. The van der Waals surface area contributed by atoms with Gasteiger partial charge < -0.3 is 11.1 Å². The van der Waals surface area contributed by atoms with Gasteiger partial charge in [-0.25, -0.2) is 0 Å². The van der Waals surface area contributed by atoms with Crippen molar-refractivity contribution in [1.29, 1.82) is 0 Å². The van der Waals surface area contributed by atoms with Crippen LogP contribution in [0.2, 0.25) is 0 Å². The van der Waals surface area contributed by atoms with Gasteiger partial charge >= 0.3 is 0 Å². The number of hydrogen-bond donors (Lipinski definition) is 2. The summed E-state index contributed by atoms with van der Waals surface area (Å²) in [5.74, 6) is 0.406. The van der Waals surface area contributed by atoms with Gasteiger partial charge in [-0.1, -0.05) is 48.5 Å². The van der Waals surface area contributed by atoms with E-state index in [9.17, 15) is 9.59 Å². The molecule has 0 aliphatic heterocycles. The second-order valence-electron chi connectivity index (χ2n) is 4.80. The van der Waals surface area contributed by atoms with Crippen molar-refractivity contribution >= 4 is 23.6 Å². The van der Waals surface area contributed by atoms with Crippen molar-refractivity contribution in [3.8, 4) is 0 Å². The fourth-order valence-corrected chi connectivity index (χ4v) is 2.92. The number of carbonyl (C=O) groups is 2. The Hall–Kier alpha value is -2.27. The highest BCUT2D eigenvalue weighted by atomic mass is 32.2. The molecule has 22 heavy (non-hydrogen) atoms. The summed E-state index contributed by atoms with van der Waals surface area (Å²) < 4.78 is 0. The lowest BCUT2D eigenvalue weighted by Gasteiger charge is -2.15. The van der Waals surface area contributed by atoms with E-state index in [1.54, 1.807) is 36.0 Å². The van der Waals surface area contributed by atoms with Crippen LogP contribution >= 0.6 is 11.8 Å². The molecule has 2 amide bonds. The number of thioether (sulfide) groups is 1. The normalized spacial score (nSPS) is 11.6. The molecular formula is C17H18N2O2S. The number of nitrogens with one attached hydrogen (secondary N) is 1. The maximum atomic E-state index is 12.1. The van der Waals surface area contributed by atoms with Gasteiger partial charge in [0, 0.05) is 17.1 Å². The average Bonchev–Trinajstić information content (AvgIpc) is 2.55. The van der Waals surface area contributed by atoms with E-state index < -0.39 is 11.9 Å². The summed E-state index contributed by atoms with van der Waals surface area (Å²) >= 11 is 1.56. The van der Waals surface area contributed by atoms with E-state index in [1.807, 2.05) is 36.4 Å². The Balaban J connectivity index is 1.87.